The molecule has 0 radical (unpaired) electrons. The normalized spacial score (nSPS) is 18.4. The summed E-state index contributed by atoms with van der Waals surface area (Å²) in [6.07, 6.45) is 2.10. The lowest BCUT2D eigenvalue weighted by molar-refractivity contribution is 0.273. The molecule has 0 aliphatic carbocycles. The van der Waals surface area contributed by atoms with Crippen LogP contribution in [0, 0.1) is 0 Å². The van der Waals surface area contributed by atoms with Crippen molar-refractivity contribution < 1.29 is 13.2 Å². The highest BCUT2D eigenvalue weighted by Gasteiger charge is 2.21. The smallest absolute Gasteiger partial charge is 0.211 e. The van der Waals surface area contributed by atoms with E-state index >= 15 is 0 Å². The molecule has 1 saturated heterocycles. The molecule has 1 fully saturated rings. The van der Waals surface area contributed by atoms with E-state index < -0.39 is 10.0 Å². The minimum absolute atomic E-state index is 0.529. The second-order valence-electron chi connectivity index (χ2n) is 5.25. The maximum absolute atomic E-state index is 11.6. The average Bonchev–Trinajstić information content (AvgIpc) is 2.64. The summed E-state index contributed by atoms with van der Waals surface area (Å²) in [4.78, 5) is 2.24. The van der Waals surface area contributed by atoms with E-state index in [0.717, 1.165) is 24.3 Å². The van der Waals surface area contributed by atoms with Gasteiger partial charge >= 0.3 is 0 Å². The molecule has 0 unspecified atom stereocenters. The lowest BCUT2D eigenvalue weighted by atomic mass is 10.2. The van der Waals surface area contributed by atoms with E-state index in [2.05, 4.69) is 4.90 Å². The highest BCUT2D eigenvalue weighted by atomic mass is 35.5. The number of ether oxygens (including phenoxy) is 1. The van der Waals surface area contributed by atoms with Crippen LogP contribution in [0.1, 0.15) is 12.0 Å². The van der Waals surface area contributed by atoms with Crippen molar-refractivity contribution in [3.8, 4) is 5.75 Å². The van der Waals surface area contributed by atoms with Crippen LogP contribution in [0.3, 0.4) is 0 Å². The Morgan fingerprint density at radius 1 is 1.24 bits per heavy atom. The van der Waals surface area contributed by atoms with E-state index in [0.29, 0.717) is 31.2 Å². The molecule has 1 aromatic rings. The van der Waals surface area contributed by atoms with Gasteiger partial charge < -0.3 is 4.74 Å². The Hall–Kier alpha value is -0.820. The van der Waals surface area contributed by atoms with Gasteiger partial charge in [0.2, 0.25) is 10.0 Å². The number of benzene rings is 1. The van der Waals surface area contributed by atoms with Crippen molar-refractivity contribution >= 4 is 21.6 Å². The molecule has 0 saturated carbocycles. The van der Waals surface area contributed by atoms with Crippen molar-refractivity contribution in [3.05, 3.63) is 28.8 Å². The van der Waals surface area contributed by atoms with Crippen LogP contribution in [-0.4, -0.2) is 57.2 Å². The fourth-order valence-electron chi connectivity index (χ4n) is 2.55. The monoisotopic (exact) mass is 332 g/mol. The van der Waals surface area contributed by atoms with E-state index in [1.807, 2.05) is 12.1 Å². The highest BCUT2D eigenvalue weighted by Crippen LogP contribution is 2.24. The van der Waals surface area contributed by atoms with Crippen molar-refractivity contribution in [1.29, 1.82) is 0 Å². The second kappa shape index (κ2) is 6.96. The summed E-state index contributed by atoms with van der Waals surface area (Å²) >= 11 is 6.05. The predicted molar refractivity (Wildman–Crippen MR) is 84.3 cm³/mol. The first-order valence-electron chi connectivity index (χ1n) is 6.90. The molecular formula is C14H21ClN2O3S. The second-order valence-corrected chi connectivity index (χ2v) is 7.67. The number of halogens is 1. The zero-order chi connectivity index (χ0) is 15.5. The third-order valence-electron chi connectivity index (χ3n) is 3.65. The molecule has 5 nitrogen and oxygen atoms in total. The van der Waals surface area contributed by atoms with E-state index in [4.69, 9.17) is 16.3 Å². The van der Waals surface area contributed by atoms with Gasteiger partial charge in [0.25, 0.3) is 0 Å². The fraction of sp³-hybridized carbons (Fsp3) is 0.571. The summed E-state index contributed by atoms with van der Waals surface area (Å²) in [5, 5.41) is 0.679. The van der Waals surface area contributed by atoms with Gasteiger partial charge in [-0.25, -0.2) is 12.7 Å². The SMILES string of the molecule is COc1ccc(Cl)cc1CN1CCCN(S(C)(=O)=O)CC1. The van der Waals surface area contributed by atoms with E-state index in [1.54, 1.807) is 17.5 Å². The zero-order valence-corrected chi connectivity index (χ0v) is 14.0. The molecule has 0 aromatic heterocycles. The van der Waals surface area contributed by atoms with Crippen LogP contribution < -0.4 is 4.74 Å². The standard InChI is InChI=1S/C14H21ClN2O3S/c1-20-14-5-4-13(15)10-12(14)11-16-6-3-7-17(9-8-16)21(2,18)19/h4-5,10H,3,6-9,11H2,1-2H3. The number of hydrogen-bond acceptors (Lipinski definition) is 4. The first-order chi connectivity index (χ1) is 9.90. The van der Waals surface area contributed by atoms with E-state index in [9.17, 15) is 8.42 Å². The molecule has 0 spiro atoms. The Balaban J connectivity index is 2.06. The molecule has 1 aliphatic heterocycles. The first-order valence-corrected chi connectivity index (χ1v) is 9.12. The Morgan fingerprint density at radius 3 is 2.67 bits per heavy atom. The topological polar surface area (TPSA) is 49.9 Å². The predicted octanol–water partition coefficient (Wildman–Crippen LogP) is 1.82. The Morgan fingerprint density at radius 2 is 2.00 bits per heavy atom. The molecule has 118 valence electrons. The Labute approximate surface area is 131 Å². The summed E-state index contributed by atoms with van der Waals surface area (Å²) in [6, 6.07) is 5.57. The summed E-state index contributed by atoms with van der Waals surface area (Å²) in [5.41, 5.74) is 1.03. The maximum atomic E-state index is 11.6. The molecule has 7 heteroatoms. The summed E-state index contributed by atoms with van der Waals surface area (Å²) in [5.74, 6) is 0.809. The largest absolute Gasteiger partial charge is 0.496 e. The van der Waals surface area contributed by atoms with Gasteiger partial charge in [0, 0.05) is 36.8 Å². The van der Waals surface area contributed by atoms with Crippen molar-refractivity contribution in [1.82, 2.24) is 9.21 Å². The number of nitrogens with zero attached hydrogens (tertiary/aromatic N) is 2. The first kappa shape index (κ1) is 16.5. The van der Waals surface area contributed by atoms with Gasteiger partial charge in [-0.1, -0.05) is 11.6 Å². The Bertz CT molecular complexity index is 592. The van der Waals surface area contributed by atoms with Gasteiger partial charge in [-0.15, -0.1) is 0 Å². The van der Waals surface area contributed by atoms with Crippen molar-refractivity contribution in [2.24, 2.45) is 0 Å². The fourth-order valence-corrected chi connectivity index (χ4v) is 3.62. The van der Waals surface area contributed by atoms with Crippen molar-refractivity contribution in [3.63, 3.8) is 0 Å². The molecule has 1 heterocycles. The van der Waals surface area contributed by atoms with Crippen molar-refractivity contribution in [2.75, 3.05) is 39.5 Å². The van der Waals surface area contributed by atoms with Crippen LogP contribution >= 0.6 is 11.6 Å². The minimum Gasteiger partial charge on any atom is -0.496 e. The summed E-state index contributed by atoms with van der Waals surface area (Å²) in [7, 11) is -1.46. The summed E-state index contributed by atoms with van der Waals surface area (Å²) < 4.78 is 30.1. The lowest BCUT2D eigenvalue weighted by Gasteiger charge is -2.21. The van der Waals surface area contributed by atoms with Crippen LogP contribution in [0.15, 0.2) is 18.2 Å². The number of sulfonamides is 1. The molecule has 1 aromatic carbocycles. The number of hydrogen-bond donors (Lipinski definition) is 0. The van der Waals surface area contributed by atoms with Crippen molar-refractivity contribution in [2.45, 2.75) is 13.0 Å². The number of methoxy groups -OCH3 is 1. The van der Waals surface area contributed by atoms with Crippen LogP contribution in [0.4, 0.5) is 0 Å². The van der Waals surface area contributed by atoms with Gasteiger partial charge in [-0.05, 0) is 31.2 Å². The third-order valence-corrected chi connectivity index (χ3v) is 5.19. The molecular weight excluding hydrogens is 312 g/mol. The molecule has 0 bridgehead atoms. The van der Waals surface area contributed by atoms with E-state index in [1.165, 1.54) is 6.26 Å². The van der Waals surface area contributed by atoms with Gasteiger partial charge in [0.15, 0.2) is 0 Å². The lowest BCUT2D eigenvalue weighted by Crippen LogP contribution is -2.34. The van der Waals surface area contributed by atoms with Crippen LogP contribution in [-0.2, 0) is 16.6 Å². The molecule has 21 heavy (non-hydrogen) atoms. The third kappa shape index (κ3) is 4.57. The van der Waals surface area contributed by atoms with Gasteiger partial charge in [0.05, 0.1) is 13.4 Å². The van der Waals surface area contributed by atoms with Crippen LogP contribution in [0.25, 0.3) is 0 Å². The molecule has 0 amide bonds. The molecule has 0 N–H and O–H groups in total. The molecule has 1 aliphatic rings. The summed E-state index contributed by atoms with van der Waals surface area (Å²) in [6.45, 7) is 3.40. The van der Waals surface area contributed by atoms with E-state index in [-0.39, 0.29) is 0 Å². The zero-order valence-electron chi connectivity index (χ0n) is 12.4. The Kier molecular flexibility index (Phi) is 5.48. The highest BCUT2D eigenvalue weighted by molar-refractivity contribution is 7.88. The van der Waals surface area contributed by atoms with Gasteiger partial charge in [-0.2, -0.15) is 0 Å². The molecule has 2 rings (SSSR count). The quantitative estimate of drug-likeness (QED) is 0.844. The van der Waals surface area contributed by atoms with Crippen LogP contribution in [0.5, 0.6) is 5.75 Å². The minimum atomic E-state index is -3.10. The molecule has 0 atom stereocenters. The average molecular weight is 333 g/mol. The number of rotatable bonds is 4. The van der Waals surface area contributed by atoms with Gasteiger partial charge in [0.1, 0.15) is 5.75 Å². The van der Waals surface area contributed by atoms with Crippen LogP contribution in [0.2, 0.25) is 5.02 Å². The maximum Gasteiger partial charge on any atom is 0.211 e. The van der Waals surface area contributed by atoms with Gasteiger partial charge in [-0.3, -0.25) is 4.90 Å².